The van der Waals surface area contributed by atoms with Crippen molar-refractivity contribution < 1.29 is 14.6 Å². The van der Waals surface area contributed by atoms with Gasteiger partial charge in [-0.05, 0) is 11.6 Å². The van der Waals surface area contributed by atoms with Gasteiger partial charge < -0.3 is 9.84 Å². The number of aliphatic carboxylic acids is 1. The molecule has 14 heavy (non-hydrogen) atoms. The zero-order valence-corrected chi connectivity index (χ0v) is 7.80. The zero-order chi connectivity index (χ0) is 10.4. The Morgan fingerprint density at radius 1 is 1.71 bits per heavy atom. The van der Waals surface area contributed by atoms with Gasteiger partial charge in [-0.1, -0.05) is 12.2 Å². The molecule has 0 aliphatic rings. The Bertz CT molecular complexity index is 347. The number of rotatable bonds is 4. The number of hydrogen-bond donors (Lipinski definition) is 1. The Labute approximate surface area is 81.9 Å². The number of carbonyl (C=O) groups is 1. The molecule has 0 bridgehead atoms. The normalized spacial score (nSPS) is 10.4. The van der Waals surface area contributed by atoms with Crippen LogP contribution >= 0.6 is 0 Å². The summed E-state index contributed by atoms with van der Waals surface area (Å²) >= 11 is 0. The standard InChI is InChI=1S/C10H11NO3/c1-14-9-7-8(5-6-11-9)3-2-4-10(12)13/h2-3,5-7H,4H2,1H3,(H,12,13). The number of pyridine rings is 1. The van der Waals surface area contributed by atoms with Gasteiger partial charge in [0.15, 0.2) is 0 Å². The molecule has 1 aromatic heterocycles. The first-order valence-electron chi connectivity index (χ1n) is 4.11. The summed E-state index contributed by atoms with van der Waals surface area (Å²) in [4.78, 5) is 14.2. The van der Waals surface area contributed by atoms with Gasteiger partial charge >= 0.3 is 5.97 Å². The summed E-state index contributed by atoms with van der Waals surface area (Å²) in [7, 11) is 1.53. The monoisotopic (exact) mass is 193 g/mol. The maximum absolute atomic E-state index is 10.2. The lowest BCUT2D eigenvalue weighted by molar-refractivity contribution is -0.135. The highest BCUT2D eigenvalue weighted by atomic mass is 16.5. The molecular weight excluding hydrogens is 182 g/mol. The van der Waals surface area contributed by atoms with Crippen LogP contribution < -0.4 is 4.74 Å². The molecule has 0 aromatic carbocycles. The summed E-state index contributed by atoms with van der Waals surface area (Å²) in [6.45, 7) is 0. The average molecular weight is 193 g/mol. The molecule has 0 fully saturated rings. The van der Waals surface area contributed by atoms with Crippen LogP contribution in [0.4, 0.5) is 0 Å². The highest BCUT2D eigenvalue weighted by molar-refractivity contribution is 5.70. The van der Waals surface area contributed by atoms with Crippen molar-refractivity contribution in [1.29, 1.82) is 0 Å². The Morgan fingerprint density at radius 3 is 3.14 bits per heavy atom. The van der Waals surface area contributed by atoms with Crippen molar-refractivity contribution >= 4 is 12.0 Å². The second-order valence-corrected chi connectivity index (χ2v) is 2.63. The predicted octanol–water partition coefficient (Wildman–Crippen LogP) is 1.58. The van der Waals surface area contributed by atoms with Crippen LogP contribution in [-0.4, -0.2) is 23.2 Å². The molecule has 4 nitrogen and oxygen atoms in total. The van der Waals surface area contributed by atoms with Gasteiger partial charge in [-0.15, -0.1) is 0 Å². The molecule has 0 spiro atoms. The molecule has 74 valence electrons. The minimum absolute atomic E-state index is 0.0185. The van der Waals surface area contributed by atoms with Crippen LogP contribution in [0.2, 0.25) is 0 Å². The van der Waals surface area contributed by atoms with Crippen LogP contribution in [0.15, 0.2) is 24.4 Å². The fraction of sp³-hybridized carbons (Fsp3) is 0.200. The van der Waals surface area contributed by atoms with E-state index in [4.69, 9.17) is 9.84 Å². The van der Waals surface area contributed by atoms with E-state index >= 15 is 0 Å². The maximum Gasteiger partial charge on any atom is 0.307 e. The van der Waals surface area contributed by atoms with E-state index in [0.717, 1.165) is 5.56 Å². The maximum atomic E-state index is 10.2. The molecule has 0 unspecified atom stereocenters. The quantitative estimate of drug-likeness (QED) is 0.788. The van der Waals surface area contributed by atoms with E-state index in [1.54, 1.807) is 30.5 Å². The molecule has 1 heterocycles. The summed E-state index contributed by atoms with van der Waals surface area (Å²) < 4.78 is 4.92. The lowest BCUT2D eigenvalue weighted by Gasteiger charge is -1.98. The fourth-order valence-corrected chi connectivity index (χ4v) is 0.936. The first-order chi connectivity index (χ1) is 6.72. The smallest absolute Gasteiger partial charge is 0.307 e. The predicted molar refractivity (Wildman–Crippen MR) is 52.1 cm³/mol. The van der Waals surface area contributed by atoms with Gasteiger partial charge in [0.2, 0.25) is 5.88 Å². The van der Waals surface area contributed by atoms with Crippen molar-refractivity contribution in [1.82, 2.24) is 4.98 Å². The summed E-state index contributed by atoms with van der Waals surface area (Å²) in [5.74, 6) is -0.329. The SMILES string of the molecule is COc1cc(C=CCC(=O)O)ccn1. The molecule has 1 N–H and O–H groups in total. The zero-order valence-electron chi connectivity index (χ0n) is 7.80. The highest BCUT2D eigenvalue weighted by Gasteiger charge is 1.93. The number of methoxy groups -OCH3 is 1. The van der Waals surface area contributed by atoms with Crippen molar-refractivity contribution in [3.63, 3.8) is 0 Å². The second-order valence-electron chi connectivity index (χ2n) is 2.63. The van der Waals surface area contributed by atoms with Gasteiger partial charge in [0.05, 0.1) is 13.5 Å². The molecule has 1 rings (SSSR count). The Balaban J connectivity index is 2.66. The number of nitrogens with zero attached hydrogens (tertiary/aromatic N) is 1. The van der Waals surface area contributed by atoms with Crippen LogP contribution in [0.25, 0.3) is 6.08 Å². The van der Waals surface area contributed by atoms with Crippen LogP contribution in [0.3, 0.4) is 0 Å². The lowest BCUT2D eigenvalue weighted by atomic mass is 10.2. The van der Waals surface area contributed by atoms with Crippen molar-refractivity contribution in [2.45, 2.75) is 6.42 Å². The van der Waals surface area contributed by atoms with Gasteiger partial charge in [0, 0.05) is 12.3 Å². The van der Waals surface area contributed by atoms with Gasteiger partial charge in [-0.25, -0.2) is 4.98 Å². The number of aromatic nitrogens is 1. The molecule has 0 saturated carbocycles. The summed E-state index contributed by atoms with van der Waals surface area (Å²) in [5, 5.41) is 8.40. The third-order valence-electron chi connectivity index (χ3n) is 1.57. The van der Waals surface area contributed by atoms with E-state index in [9.17, 15) is 4.79 Å². The summed E-state index contributed by atoms with van der Waals surface area (Å²) in [6.07, 6.45) is 4.93. The van der Waals surface area contributed by atoms with Crippen LogP contribution in [0.5, 0.6) is 5.88 Å². The Kier molecular flexibility index (Phi) is 3.67. The lowest BCUT2D eigenvalue weighted by Crippen LogP contribution is -1.90. The first kappa shape index (κ1) is 10.2. The van der Waals surface area contributed by atoms with Crippen molar-refractivity contribution in [3.05, 3.63) is 30.0 Å². The Hall–Kier alpha value is -1.84. The largest absolute Gasteiger partial charge is 0.481 e. The molecule has 4 heteroatoms. The van der Waals surface area contributed by atoms with Gasteiger partial charge in [0.25, 0.3) is 0 Å². The summed E-state index contributed by atoms with van der Waals surface area (Å²) in [6, 6.07) is 3.51. The van der Waals surface area contributed by atoms with E-state index < -0.39 is 5.97 Å². The molecule has 0 amide bonds. The third-order valence-corrected chi connectivity index (χ3v) is 1.57. The van der Waals surface area contributed by atoms with E-state index in [2.05, 4.69) is 4.98 Å². The number of hydrogen-bond acceptors (Lipinski definition) is 3. The first-order valence-corrected chi connectivity index (χ1v) is 4.11. The van der Waals surface area contributed by atoms with Gasteiger partial charge in [0.1, 0.15) is 0 Å². The molecule has 0 aliphatic heterocycles. The minimum atomic E-state index is -0.845. The van der Waals surface area contributed by atoms with Gasteiger partial charge in [-0.3, -0.25) is 4.79 Å². The second kappa shape index (κ2) is 5.01. The topological polar surface area (TPSA) is 59.4 Å². The molecule has 1 aromatic rings. The number of ether oxygens (including phenoxy) is 1. The molecular formula is C10H11NO3. The van der Waals surface area contributed by atoms with E-state index in [0.29, 0.717) is 5.88 Å². The minimum Gasteiger partial charge on any atom is -0.481 e. The average Bonchev–Trinajstić information content (AvgIpc) is 2.18. The molecule has 0 saturated heterocycles. The summed E-state index contributed by atoms with van der Waals surface area (Å²) in [5.41, 5.74) is 0.873. The number of carboxylic acid groups (broad SMARTS) is 1. The van der Waals surface area contributed by atoms with Crippen molar-refractivity contribution in [2.75, 3.05) is 7.11 Å². The van der Waals surface area contributed by atoms with Crippen molar-refractivity contribution in [2.24, 2.45) is 0 Å². The van der Waals surface area contributed by atoms with E-state index in [-0.39, 0.29) is 6.42 Å². The Morgan fingerprint density at radius 2 is 2.50 bits per heavy atom. The molecule has 0 radical (unpaired) electrons. The highest BCUT2D eigenvalue weighted by Crippen LogP contribution is 2.09. The van der Waals surface area contributed by atoms with Crippen molar-refractivity contribution in [3.8, 4) is 5.88 Å². The number of carboxylic acids is 1. The van der Waals surface area contributed by atoms with Crippen LogP contribution in [-0.2, 0) is 4.79 Å². The van der Waals surface area contributed by atoms with Crippen LogP contribution in [0.1, 0.15) is 12.0 Å². The van der Waals surface area contributed by atoms with E-state index in [1.165, 1.54) is 7.11 Å². The van der Waals surface area contributed by atoms with E-state index in [1.807, 2.05) is 0 Å². The molecule has 0 atom stereocenters. The van der Waals surface area contributed by atoms with Crippen LogP contribution in [0, 0.1) is 0 Å². The fourth-order valence-electron chi connectivity index (χ4n) is 0.936. The molecule has 0 aliphatic carbocycles. The van der Waals surface area contributed by atoms with Gasteiger partial charge in [-0.2, -0.15) is 0 Å². The third kappa shape index (κ3) is 3.26.